The minimum atomic E-state index is -0.588. The molecule has 0 fully saturated rings. The van der Waals surface area contributed by atoms with Crippen molar-refractivity contribution in [2.45, 2.75) is 38.3 Å². The van der Waals surface area contributed by atoms with Crippen molar-refractivity contribution in [3.05, 3.63) is 90.0 Å². The highest BCUT2D eigenvalue weighted by molar-refractivity contribution is 5.27. The van der Waals surface area contributed by atoms with E-state index < -0.39 is 11.6 Å². The average molecular weight is 320 g/mol. The minimum Gasteiger partial charge on any atom is -0.386 e. The molecule has 124 valence electrons. The van der Waals surface area contributed by atoms with Crippen LogP contribution in [0.5, 0.6) is 0 Å². The Hall–Kier alpha value is -2.39. The number of imidazole rings is 1. The maximum atomic E-state index is 10.8. The van der Waals surface area contributed by atoms with Gasteiger partial charge >= 0.3 is 0 Å². The average Bonchev–Trinajstić information content (AvgIpc) is 3.16. The Balaban J connectivity index is 1.68. The number of aliphatic hydroxyl groups excluding tert-OH is 1. The van der Waals surface area contributed by atoms with Gasteiger partial charge in [0.1, 0.15) is 6.10 Å². The van der Waals surface area contributed by atoms with Crippen LogP contribution in [0.2, 0.25) is 0 Å². The third-order valence-corrected chi connectivity index (χ3v) is 4.68. The summed E-state index contributed by atoms with van der Waals surface area (Å²) >= 11 is 0. The summed E-state index contributed by atoms with van der Waals surface area (Å²) in [6, 6.07) is 18.8. The van der Waals surface area contributed by atoms with Gasteiger partial charge in [-0.25, -0.2) is 4.98 Å². The van der Waals surface area contributed by atoms with Gasteiger partial charge in [0.15, 0.2) is 0 Å². The third-order valence-electron chi connectivity index (χ3n) is 4.68. The Labute approximate surface area is 143 Å². The van der Waals surface area contributed by atoms with Crippen LogP contribution in [0, 0.1) is 0 Å². The second kappa shape index (κ2) is 7.02. The molecule has 0 aliphatic heterocycles. The molecule has 3 aromatic rings. The molecular weight excluding hydrogens is 296 g/mol. The number of hydrogen-bond donors (Lipinski definition) is 1. The van der Waals surface area contributed by atoms with Crippen LogP contribution in [0.3, 0.4) is 0 Å². The Morgan fingerprint density at radius 1 is 0.958 bits per heavy atom. The zero-order valence-corrected chi connectivity index (χ0v) is 14.3. The fraction of sp³-hybridized carbons (Fsp3) is 0.286. The molecule has 0 aliphatic carbocycles. The van der Waals surface area contributed by atoms with E-state index in [0.717, 1.165) is 18.4 Å². The normalized spacial score (nSPS) is 13.0. The lowest BCUT2D eigenvalue weighted by Gasteiger charge is -2.32. The van der Waals surface area contributed by atoms with Crippen molar-refractivity contribution in [3.63, 3.8) is 0 Å². The van der Waals surface area contributed by atoms with Crippen LogP contribution in [-0.2, 0) is 18.4 Å². The van der Waals surface area contributed by atoms with E-state index in [1.54, 1.807) is 12.5 Å². The van der Waals surface area contributed by atoms with Crippen molar-refractivity contribution in [2.75, 3.05) is 0 Å². The van der Waals surface area contributed by atoms with E-state index in [2.05, 4.69) is 41.4 Å². The summed E-state index contributed by atoms with van der Waals surface area (Å²) < 4.78 is 1.95. The highest BCUT2D eigenvalue weighted by atomic mass is 16.3. The molecule has 24 heavy (non-hydrogen) atoms. The predicted molar refractivity (Wildman–Crippen MR) is 96.8 cm³/mol. The molecule has 0 bridgehead atoms. The Kier molecular flexibility index (Phi) is 4.81. The number of hydrogen-bond acceptors (Lipinski definition) is 2. The van der Waals surface area contributed by atoms with Crippen LogP contribution in [0.25, 0.3) is 0 Å². The molecule has 0 radical (unpaired) electrons. The summed E-state index contributed by atoms with van der Waals surface area (Å²) in [6.45, 7) is 4.03. The molecule has 3 rings (SSSR count). The van der Waals surface area contributed by atoms with E-state index >= 15 is 0 Å². The van der Waals surface area contributed by atoms with E-state index in [4.69, 9.17) is 0 Å². The Morgan fingerprint density at radius 3 is 2.17 bits per heavy atom. The summed E-state index contributed by atoms with van der Waals surface area (Å²) in [6.07, 6.45) is 6.82. The Morgan fingerprint density at radius 2 is 1.58 bits per heavy atom. The topological polar surface area (TPSA) is 38.0 Å². The smallest absolute Gasteiger partial charge is 0.102 e. The van der Waals surface area contributed by atoms with Gasteiger partial charge in [-0.2, -0.15) is 0 Å². The summed E-state index contributed by atoms with van der Waals surface area (Å²) in [7, 11) is 0. The number of aliphatic hydroxyl groups is 1. The quantitative estimate of drug-likeness (QED) is 0.741. The van der Waals surface area contributed by atoms with Crippen molar-refractivity contribution in [3.8, 4) is 0 Å². The highest BCUT2D eigenvalue weighted by Gasteiger charge is 2.30. The van der Waals surface area contributed by atoms with Gasteiger partial charge in [0.25, 0.3) is 0 Å². The van der Waals surface area contributed by atoms with Gasteiger partial charge in [-0.05, 0) is 43.4 Å². The van der Waals surface area contributed by atoms with E-state index in [1.807, 2.05) is 42.8 Å². The van der Waals surface area contributed by atoms with E-state index in [9.17, 15) is 5.11 Å². The first kappa shape index (κ1) is 16.5. The zero-order chi connectivity index (χ0) is 17.0. The largest absolute Gasteiger partial charge is 0.386 e. The number of benzene rings is 2. The first-order valence-corrected chi connectivity index (χ1v) is 8.36. The van der Waals surface area contributed by atoms with Gasteiger partial charge in [0, 0.05) is 12.4 Å². The minimum absolute atomic E-state index is 0.442. The van der Waals surface area contributed by atoms with Crippen LogP contribution >= 0.6 is 0 Å². The second-order valence-corrected chi connectivity index (χ2v) is 6.75. The van der Waals surface area contributed by atoms with Gasteiger partial charge in [0.05, 0.1) is 11.9 Å². The van der Waals surface area contributed by atoms with E-state index in [1.165, 1.54) is 11.1 Å². The molecule has 1 unspecified atom stereocenters. The maximum Gasteiger partial charge on any atom is 0.102 e. The van der Waals surface area contributed by atoms with Crippen LogP contribution in [-0.4, -0.2) is 14.7 Å². The van der Waals surface area contributed by atoms with Crippen molar-refractivity contribution >= 4 is 0 Å². The van der Waals surface area contributed by atoms with E-state index in [-0.39, 0.29) is 0 Å². The monoisotopic (exact) mass is 320 g/mol. The number of rotatable bonds is 6. The van der Waals surface area contributed by atoms with Crippen LogP contribution in [0.1, 0.15) is 36.6 Å². The molecule has 3 heteroatoms. The molecule has 0 amide bonds. The molecule has 0 saturated heterocycles. The summed E-state index contributed by atoms with van der Waals surface area (Å²) in [5.41, 5.74) is 3.12. The standard InChI is InChI=1S/C21H24N2O/c1-21(2,23-15-14-22-16-23)20(24)19-12-10-18(11-13-19)9-8-17-6-4-3-5-7-17/h3-7,10-16,20,24H,8-9H2,1-2H3. The molecule has 1 N–H and O–H groups in total. The molecular formula is C21H24N2O. The van der Waals surface area contributed by atoms with Crippen molar-refractivity contribution in [2.24, 2.45) is 0 Å². The summed E-state index contributed by atoms with van der Waals surface area (Å²) in [4.78, 5) is 4.08. The number of aromatic nitrogens is 2. The molecule has 3 nitrogen and oxygen atoms in total. The molecule has 0 saturated carbocycles. The molecule has 1 heterocycles. The molecule has 1 aromatic heterocycles. The molecule has 2 aromatic carbocycles. The van der Waals surface area contributed by atoms with Gasteiger partial charge in [-0.1, -0.05) is 54.6 Å². The van der Waals surface area contributed by atoms with Gasteiger partial charge in [0.2, 0.25) is 0 Å². The fourth-order valence-electron chi connectivity index (χ4n) is 2.95. The first-order valence-electron chi connectivity index (χ1n) is 8.36. The van der Waals surface area contributed by atoms with Gasteiger partial charge in [-0.15, -0.1) is 0 Å². The van der Waals surface area contributed by atoms with Crippen LogP contribution in [0.4, 0.5) is 0 Å². The van der Waals surface area contributed by atoms with Crippen molar-refractivity contribution < 1.29 is 5.11 Å². The van der Waals surface area contributed by atoms with Gasteiger partial charge in [-0.3, -0.25) is 0 Å². The zero-order valence-electron chi connectivity index (χ0n) is 14.3. The summed E-state index contributed by atoms with van der Waals surface area (Å²) in [5, 5.41) is 10.8. The fourth-order valence-corrected chi connectivity index (χ4v) is 2.95. The first-order chi connectivity index (χ1) is 11.6. The molecule has 1 atom stereocenters. The second-order valence-electron chi connectivity index (χ2n) is 6.75. The van der Waals surface area contributed by atoms with Crippen molar-refractivity contribution in [1.29, 1.82) is 0 Å². The summed E-state index contributed by atoms with van der Waals surface area (Å²) in [5.74, 6) is 0. The Bertz CT molecular complexity index is 746. The SMILES string of the molecule is CC(C)(C(O)c1ccc(CCc2ccccc2)cc1)n1ccnc1. The number of aryl methyl sites for hydroxylation is 2. The predicted octanol–water partition coefficient (Wildman–Crippen LogP) is 4.14. The van der Waals surface area contributed by atoms with E-state index in [0.29, 0.717) is 0 Å². The molecule has 0 spiro atoms. The van der Waals surface area contributed by atoms with Crippen LogP contribution < -0.4 is 0 Å². The number of nitrogens with zero attached hydrogens (tertiary/aromatic N) is 2. The highest BCUT2D eigenvalue weighted by Crippen LogP contribution is 2.32. The lowest BCUT2D eigenvalue weighted by molar-refractivity contribution is 0.0566. The van der Waals surface area contributed by atoms with Crippen molar-refractivity contribution in [1.82, 2.24) is 9.55 Å². The lowest BCUT2D eigenvalue weighted by Crippen LogP contribution is -2.32. The van der Waals surface area contributed by atoms with Crippen LogP contribution in [0.15, 0.2) is 73.3 Å². The molecule has 0 aliphatic rings. The maximum absolute atomic E-state index is 10.8. The third kappa shape index (κ3) is 3.57. The van der Waals surface area contributed by atoms with Gasteiger partial charge < -0.3 is 9.67 Å². The lowest BCUT2D eigenvalue weighted by atomic mass is 9.90.